The Kier molecular flexibility index (Phi) is 6.62. The number of halogens is 1. The van der Waals surface area contributed by atoms with Crippen molar-refractivity contribution in [2.75, 3.05) is 11.9 Å². The lowest BCUT2D eigenvalue weighted by molar-refractivity contribution is 0.483. The number of rotatable bonds is 8. The molecule has 0 spiro atoms. The number of H-pyrrole nitrogens is 1. The molecule has 162 valence electrons. The maximum atomic E-state index is 13.3. The van der Waals surface area contributed by atoms with E-state index in [0.29, 0.717) is 29.3 Å². The number of para-hydroxylation sites is 1. The number of aromatic amines is 1. The normalized spacial score (nSPS) is 11.3. The van der Waals surface area contributed by atoms with E-state index >= 15 is 0 Å². The lowest BCUT2D eigenvalue weighted by Gasteiger charge is -2.09. The molecule has 1 heterocycles. The Hall–Kier alpha value is -3.91. The SMILES string of the molecule is NC(=NCCc1cccc(F)c1)c1c(Nc2ccc(Oc3ccccc3)cc2)s[nH]c1=O. The number of amidine groups is 1. The van der Waals surface area contributed by atoms with Crippen LogP contribution in [0, 0.1) is 5.82 Å². The van der Waals surface area contributed by atoms with Crippen molar-refractivity contribution in [1.82, 2.24) is 4.37 Å². The molecule has 0 saturated heterocycles. The molecule has 0 unspecified atom stereocenters. The Labute approximate surface area is 188 Å². The third-order valence-electron chi connectivity index (χ3n) is 4.62. The summed E-state index contributed by atoms with van der Waals surface area (Å²) in [5.41, 5.74) is 7.67. The summed E-state index contributed by atoms with van der Waals surface area (Å²) in [6.07, 6.45) is 0.520. The van der Waals surface area contributed by atoms with Crippen LogP contribution in [0.4, 0.5) is 15.1 Å². The quantitative estimate of drug-likeness (QED) is 0.260. The van der Waals surface area contributed by atoms with Gasteiger partial charge in [0.1, 0.15) is 33.7 Å². The second kappa shape index (κ2) is 9.93. The molecule has 0 aliphatic heterocycles. The van der Waals surface area contributed by atoms with Crippen LogP contribution in [0.3, 0.4) is 0 Å². The summed E-state index contributed by atoms with van der Waals surface area (Å²) >= 11 is 1.15. The second-order valence-corrected chi connectivity index (χ2v) is 7.77. The maximum absolute atomic E-state index is 13.3. The van der Waals surface area contributed by atoms with Gasteiger partial charge < -0.3 is 15.8 Å². The summed E-state index contributed by atoms with van der Waals surface area (Å²) in [7, 11) is 0. The highest BCUT2D eigenvalue weighted by Crippen LogP contribution is 2.26. The summed E-state index contributed by atoms with van der Waals surface area (Å²) < 4.78 is 21.8. The molecule has 8 heteroatoms. The number of benzene rings is 3. The van der Waals surface area contributed by atoms with E-state index < -0.39 is 0 Å². The van der Waals surface area contributed by atoms with Gasteiger partial charge in [0.2, 0.25) is 0 Å². The molecule has 0 aliphatic carbocycles. The van der Waals surface area contributed by atoms with Crippen LogP contribution >= 0.6 is 11.5 Å². The molecule has 0 fully saturated rings. The summed E-state index contributed by atoms with van der Waals surface area (Å²) in [6, 6.07) is 23.2. The number of anilines is 2. The van der Waals surface area contributed by atoms with Crippen molar-refractivity contribution >= 4 is 28.1 Å². The molecule has 0 aliphatic rings. The topological polar surface area (TPSA) is 92.5 Å². The highest BCUT2D eigenvalue weighted by atomic mass is 32.1. The Morgan fingerprint density at radius 3 is 2.53 bits per heavy atom. The number of hydrogen-bond acceptors (Lipinski definition) is 5. The van der Waals surface area contributed by atoms with E-state index in [1.54, 1.807) is 6.07 Å². The highest BCUT2D eigenvalue weighted by Gasteiger charge is 2.15. The van der Waals surface area contributed by atoms with Gasteiger partial charge in [0.25, 0.3) is 5.56 Å². The van der Waals surface area contributed by atoms with Crippen molar-refractivity contribution in [2.24, 2.45) is 10.7 Å². The van der Waals surface area contributed by atoms with Crippen molar-refractivity contribution in [2.45, 2.75) is 6.42 Å². The molecule has 0 atom stereocenters. The zero-order valence-corrected chi connectivity index (χ0v) is 17.9. The smallest absolute Gasteiger partial charge is 0.271 e. The van der Waals surface area contributed by atoms with Crippen LogP contribution in [0.2, 0.25) is 0 Å². The largest absolute Gasteiger partial charge is 0.457 e. The molecule has 4 aromatic rings. The Morgan fingerprint density at radius 1 is 1.03 bits per heavy atom. The van der Waals surface area contributed by atoms with E-state index in [2.05, 4.69) is 14.7 Å². The maximum Gasteiger partial charge on any atom is 0.271 e. The lowest BCUT2D eigenvalue weighted by atomic mass is 10.1. The zero-order chi connectivity index (χ0) is 22.3. The third kappa shape index (κ3) is 5.41. The third-order valence-corrected chi connectivity index (χ3v) is 5.42. The van der Waals surface area contributed by atoms with E-state index in [1.165, 1.54) is 12.1 Å². The van der Waals surface area contributed by atoms with Gasteiger partial charge in [-0.2, -0.15) is 0 Å². The van der Waals surface area contributed by atoms with Crippen LogP contribution in [0.15, 0.2) is 88.6 Å². The molecule has 0 saturated carbocycles. The first-order valence-corrected chi connectivity index (χ1v) is 10.8. The van der Waals surface area contributed by atoms with Crippen LogP contribution in [0.1, 0.15) is 11.1 Å². The molecule has 3 aromatic carbocycles. The molecule has 4 rings (SSSR count). The van der Waals surface area contributed by atoms with Crippen LogP contribution < -0.4 is 21.3 Å². The van der Waals surface area contributed by atoms with Crippen molar-refractivity contribution in [3.05, 3.63) is 106 Å². The number of aliphatic imine (C=N–C) groups is 1. The minimum atomic E-state index is -0.312. The minimum Gasteiger partial charge on any atom is -0.457 e. The van der Waals surface area contributed by atoms with E-state index in [0.717, 1.165) is 28.5 Å². The average molecular weight is 449 g/mol. The van der Waals surface area contributed by atoms with Gasteiger partial charge in [0, 0.05) is 12.2 Å². The van der Waals surface area contributed by atoms with E-state index in [-0.39, 0.29) is 17.2 Å². The predicted octanol–water partition coefficient (Wildman–Crippen LogP) is 5.06. The standard InChI is InChI=1S/C24H21FN4O2S/c25-17-6-4-5-16(15-17)13-14-27-22(26)21-23(30)29-32-24(21)28-18-9-11-20(12-10-18)31-19-7-2-1-3-8-19/h1-12,15,28H,13-14H2,(H2,26,27)(H,29,30). The predicted molar refractivity (Wildman–Crippen MR) is 127 cm³/mol. The van der Waals surface area contributed by atoms with Crippen molar-refractivity contribution in [3.8, 4) is 11.5 Å². The van der Waals surface area contributed by atoms with Gasteiger partial charge in [-0.25, -0.2) is 4.39 Å². The minimum absolute atomic E-state index is 0.135. The van der Waals surface area contributed by atoms with Crippen LogP contribution in [-0.4, -0.2) is 16.8 Å². The molecule has 0 amide bonds. The van der Waals surface area contributed by atoms with E-state index in [9.17, 15) is 9.18 Å². The average Bonchev–Trinajstić information content (AvgIpc) is 3.16. The number of ether oxygens (including phenoxy) is 1. The fourth-order valence-electron chi connectivity index (χ4n) is 3.06. The first-order chi connectivity index (χ1) is 15.6. The zero-order valence-electron chi connectivity index (χ0n) is 17.0. The van der Waals surface area contributed by atoms with E-state index in [1.807, 2.05) is 60.7 Å². The molecule has 32 heavy (non-hydrogen) atoms. The Bertz CT molecular complexity index is 1270. The van der Waals surface area contributed by atoms with Gasteiger partial charge in [0.05, 0.1) is 0 Å². The van der Waals surface area contributed by atoms with Crippen LogP contribution in [0.5, 0.6) is 11.5 Å². The Morgan fingerprint density at radius 2 is 1.78 bits per heavy atom. The van der Waals surface area contributed by atoms with Gasteiger partial charge in [-0.05, 0) is 72.0 Å². The first kappa shape index (κ1) is 21.3. The number of hydrogen-bond donors (Lipinski definition) is 3. The number of nitrogens with two attached hydrogens (primary N) is 1. The molecular formula is C24H21FN4O2S. The summed E-state index contributed by atoms with van der Waals surface area (Å²) in [5, 5.41) is 3.77. The summed E-state index contributed by atoms with van der Waals surface area (Å²) in [5.74, 6) is 1.29. The van der Waals surface area contributed by atoms with Gasteiger partial charge in [-0.15, -0.1) is 0 Å². The number of nitrogens with one attached hydrogen (secondary N) is 2. The number of aromatic nitrogens is 1. The molecule has 0 bridgehead atoms. The molecule has 1 aromatic heterocycles. The van der Waals surface area contributed by atoms with Crippen molar-refractivity contribution in [1.29, 1.82) is 0 Å². The van der Waals surface area contributed by atoms with E-state index in [4.69, 9.17) is 10.5 Å². The van der Waals surface area contributed by atoms with Crippen molar-refractivity contribution in [3.63, 3.8) is 0 Å². The summed E-state index contributed by atoms with van der Waals surface area (Å²) in [6.45, 7) is 0.343. The van der Waals surface area contributed by atoms with Crippen LogP contribution in [-0.2, 0) is 6.42 Å². The van der Waals surface area contributed by atoms with Crippen molar-refractivity contribution < 1.29 is 9.13 Å². The van der Waals surface area contributed by atoms with Gasteiger partial charge in [-0.1, -0.05) is 30.3 Å². The molecule has 4 N–H and O–H groups in total. The molecule has 6 nitrogen and oxygen atoms in total. The lowest BCUT2D eigenvalue weighted by Crippen LogP contribution is -2.22. The highest BCUT2D eigenvalue weighted by molar-refractivity contribution is 7.10. The molecular weight excluding hydrogens is 427 g/mol. The molecule has 0 radical (unpaired) electrons. The summed E-state index contributed by atoms with van der Waals surface area (Å²) in [4.78, 5) is 16.6. The fourth-order valence-corrected chi connectivity index (χ4v) is 3.83. The van der Waals surface area contributed by atoms with Gasteiger partial charge in [0.15, 0.2) is 0 Å². The number of nitrogens with zero attached hydrogens (tertiary/aromatic N) is 1. The second-order valence-electron chi connectivity index (χ2n) is 6.95. The first-order valence-electron chi connectivity index (χ1n) is 9.95. The van der Waals surface area contributed by atoms with Gasteiger partial charge >= 0.3 is 0 Å². The van der Waals surface area contributed by atoms with Crippen LogP contribution in [0.25, 0.3) is 0 Å². The van der Waals surface area contributed by atoms with Gasteiger partial charge in [-0.3, -0.25) is 14.2 Å². The fraction of sp³-hybridized carbons (Fsp3) is 0.0833. The Balaban J connectivity index is 1.43. The monoisotopic (exact) mass is 448 g/mol.